The maximum atomic E-state index is 12.8. The van der Waals surface area contributed by atoms with Crippen molar-refractivity contribution >= 4 is 32.0 Å². The first-order valence-electron chi connectivity index (χ1n) is 9.16. The van der Waals surface area contributed by atoms with Gasteiger partial charge >= 0.3 is 15.8 Å². The van der Waals surface area contributed by atoms with E-state index in [1.165, 1.54) is 18.2 Å². The third-order valence-electron chi connectivity index (χ3n) is 5.13. The molecule has 2 heterocycles. The number of benzene rings is 2. The molecule has 2 aromatic carbocycles. The van der Waals surface area contributed by atoms with Gasteiger partial charge in [-0.25, -0.2) is 4.79 Å². The summed E-state index contributed by atoms with van der Waals surface area (Å²) in [5, 5.41) is 0.911. The second-order valence-electron chi connectivity index (χ2n) is 7.02. The number of aromatic amines is 2. The largest absolute Gasteiger partial charge is 0.461 e. The first kappa shape index (κ1) is 17.7. The molecule has 0 radical (unpaired) electrons. The Kier molecular flexibility index (Phi) is 3.88. The molecular formula is C20H16N2O6S. The van der Waals surface area contributed by atoms with Crippen molar-refractivity contribution in [2.45, 2.75) is 30.6 Å². The van der Waals surface area contributed by atoms with E-state index in [1.807, 2.05) is 0 Å². The van der Waals surface area contributed by atoms with Crippen molar-refractivity contribution in [2.24, 2.45) is 0 Å². The van der Waals surface area contributed by atoms with Crippen LogP contribution in [-0.4, -0.2) is 18.4 Å². The van der Waals surface area contributed by atoms with Crippen LogP contribution in [0.2, 0.25) is 0 Å². The fourth-order valence-corrected chi connectivity index (χ4v) is 4.72. The fourth-order valence-electron chi connectivity index (χ4n) is 3.77. The van der Waals surface area contributed by atoms with Crippen molar-refractivity contribution < 1.29 is 17.0 Å². The van der Waals surface area contributed by atoms with Crippen LogP contribution in [-0.2, 0) is 23.0 Å². The quantitative estimate of drug-likeness (QED) is 0.499. The van der Waals surface area contributed by atoms with E-state index in [-0.39, 0.29) is 21.5 Å². The minimum atomic E-state index is -4.18. The second kappa shape index (κ2) is 6.35. The molecule has 2 N–H and O–H groups in total. The maximum absolute atomic E-state index is 12.8. The number of nitrogens with one attached hydrogen (secondary N) is 2. The summed E-state index contributed by atoms with van der Waals surface area (Å²) in [5.74, 6) is 1.12. The van der Waals surface area contributed by atoms with E-state index >= 15 is 0 Å². The average molecular weight is 412 g/mol. The predicted octanol–water partition coefficient (Wildman–Crippen LogP) is 2.61. The van der Waals surface area contributed by atoms with Gasteiger partial charge in [0.05, 0.1) is 10.9 Å². The minimum Gasteiger partial charge on any atom is -0.461 e. The molecule has 0 atom stereocenters. The molecule has 0 amide bonds. The Morgan fingerprint density at radius 2 is 1.76 bits per heavy atom. The van der Waals surface area contributed by atoms with Gasteiger partial charge in [-0.05, 0) is 55.7 Å². The van der Waals surface area contributed by atoms with Crippen molar-refractivity contribution in [1.82, 2.24) is 9.97 Å². The molecule has 9 heteroatoms. The van der Waals surface area contributed by atoms with E-state index < -0.39 is 21.4 Å². The molecule has 0 aliphatic heterocycles. The normalized spacial score (nSPS) is 14.2. The Morgan fingerprint density at radius 1 is 0.931 bits per heavy atom. The molecule has 0 bridgehead atoms. The smallest absolute Gasteiger partial charge is 0.339 e. The van der Waals surface area contributed by atoms with Gasteiger partial charge in [0.15, 0.2) is 0 Å². The molecule has 4 aromatic rings. The number of furan rings is 1. The molecule has 0 fully saturated rings. The van der Waals surface area contributed by atoms with Crippen LogP contribution in [0.3, 0.4) is 0 Å². The van der Waals surface area contributed by atoms with Gasteiger partial charge < -0.3 is 13.6 Å². The molecule has 8 nitrogen and oxygen atoms in total. The van der Waals surface area contributed by atoms with Crippen LogP contribution in [0.4, 0.5) is 0 Å². The van der Waals surface area contributed by atoms with E-state index in [2.05, 4.69) is 9.97 Å². The Morgan fingerprint density at radius 3 is 2.62 bits per heavy atom. The zero-order chi connectivity index (χ0) is 20.2. The summed E-state index contributed by atoms with van der Waals surface area (Å²) in [4.78, 5) is 27.7. The zero-order valence-electron chi connectivity index (χ0n) is 15.2. The van der Waals surface area contributed by atoms with E-state index in [0.29, 0.717) is 5.58 Å². The lowest BCUT2D eigenvalue weighted by Crippen LogP contribution is -2.22. The van der Waals surface area contributed by atoms with Crippen molar-refractivity contribution in [3.05, 3.63) is 68.6 Å². The van der Waals surface area contributed by atoms with Gasteiger partial charge in [0, 0.05) is 17.4 Å². The van der Waals surface area contributed by atoms with Crippen LogP contribution in [0.25, 0.3) is 21.9 Å². The highest BCUT2D eigenvalue weighted by Crippen LogP contribution is 2.34. The number of hydrogen-bond donors (Lipinski definition) is 2. The first-order chi connectivity index (χ1) is 13.9. The monoisotopic (exact) mass is 412 g/mol. The highest BCUT2D eigenvalue weighted by molar-refractivity contribution is 7.87. The summed E-state index contributed by atoms with van der Waals surface area (Å²) in [7, 11) is -4.18. The zero-order valence-corrected chi connectivity index (χ0v) is 16.0. The second-order valence-corrected chi connectivity index (χ2v) is 8.57. The summed E-state index contributed by atoms with van der Waals surface area (Å²) in [6.07, 6.45) is 3.92. The average Bonchev–Trinajstić information content (AvgIpc) is 3.05. The van der Waals surface area contributed by atoms with Gasteiger partial charge in [0.2, 0.25) is 0 Å². The van der Waals surface area contributed by atoms with Crippen LogP contribution >= 0.6 is 0 Å². The molecule has 0 saturated heterocycles. The standard InChI is InChI=1S/C20H16N2O6S/c23-19-15-10-12(6-7-16(15)21-20(24)22-19)29(25,26)28-11-5-8-18-14(9-11)13-3-1-2-4-17(13)27-18/h5-10H,1-4H2,(H2,21,22,23,24). The van der Waals surface area contributed by atoms with Gasteiger partial charge in [0.1, 0.15) is 22.0 Å². The number of aryl methyl sites for hydroxylation is 2. The topological polar surface area (TPSA) is 122 Å². The predicted molar refractivity (Wildman–Crippen MR) is 106 cm³/mol. The Balaban J connectivity index is 1.55. The van der Waals surface area contributed by atoms with Crippen molar-refractivity contribution in [3.8, 4) is 5.75 Å². The van der Waals surface area contributed by atoms with E-state index in [0.717, 1.165) is 42.4 Å². The summed E-state index contributed by atoms with van der Waals surface area (Å²) < 4.78 is 36.7. The van der Waals surface area contributed by atoms with Gasteiger partial charge in [-0.3, -0.25) is 9.78 Å². The lowest BCUT2D eigenvalue weighted by molar-refractivity contribution is 0.486. The number of aromatic nitrogens is 2. The highest BCUT2D eigenvalue weighted by atomic mass is 32.2. The van der Waals surface area contributed by atoms with Crippen LogP contribution < -0.4 is 15.4 Å². The van der Waals surface area contributed by atoms with Crippen molar-refractivity contribution in [3.63, 3.8) is 0 Å². The van der Waals surface area contributed by atoms with E-state index in [1.54, 1.807) is 18.2 Å². The molecule has 0 unspecified atom stereocenters. The molecule has 1 aliphatic rings. The molecule has 2 aromatic heterocycles. The highest BCUT2D eigenvalue weighted by Gasteiger charge is 2.21. The van der Waals surface area contributed by atoms with Gasteiger partial charge in [-0.2, -0.15) is 8.42 Å². The Bertz CT molecular complexity index is 1490. The van der Waals surface area contributed by atoms with Crippen LogP contribution in [0.1, 0.15) is 24.2 Å². The molecular weight excluding hydrogens is 396 g/mol. The molecule has 0 spiro atoms. The fraction of sp³-hybridized carbons (Fsp3) is 0.200. The third kappa shape index (κ3) is 3.03. The first-order valence-corrected chi connectivity index (χ1v) is 10.6. The summed E-state index contributed by atoms with van der Waals surface area (Å²) in [5.41, 5.74) is 0.723. The molecule has 148 valence electrons. The number of fused-ring (bicyclic) bond motifs is 4. The molecule has 0 saturated carbocycles. The lowest BCUT2D eigenvalue weighted by Gasteiger charge is -2.09. The van der Waals surface area contributed by atoms with Gasteiger partial charge in [0.25, 0.3) is 5.56 Å². The van der Waals surface area contributed by atoms with Gasteiger partial charge in [-0.15, -0.1) is 0 Å². The van der Waals surface area contributed by atoms with Gasteiger partial charge in [-0.1, -0.05) is 0 Å². The minimum absolute atomic E-state index is 0.0497. The van der Waals surface area contributed by atoms with Crippen LogP contribution in [0.15, 0.2) is 55.3 Å². The third-order valence-corrected chi connectivity index (χ3v) is 6.38. The molecule has 1 aliphatic carbocycles. The maximum Gasteiger partial charge on any atom is 0.339 e. The van der Waals surface area contributed by atoms with E-state index in [9.17, 15) is 18.0 Å². The number of H-pyrrole nitrogens is 2. The summed E-state index contributed by atoms with van der Waals surface area (Å²) in [6, 6.07) is 8.74. The summed E-state index contributed by atoms with van der Waals surface area (Å²) >= 11 is 0. The SMILES string of the molecule is O=c1[nH]c(=O)c2cc(S(=O)(=O)Oc3ccc4oc5c(c4c3)CCCC5)ccc2[nH]1. The molecule has 5 rings (SSSR count). The Hall–Kier alpha value is -3.33. The van der Waals surface area contributed by atoms with Crippen LogP contribution in [0.5, 0.6) is 5.75 Å². The van der Waals surface area contributed by atoms with E-state index in [4.69, 9.17) is 8.60 Å². The molecule has 29 heavy (non-hydrogen) atoms. The lowest BCUT2D eigenvalue weighted by atomic mass is 9.96. The number of hydrogen-bond acceptors (Lipinski definition) is 6. The van der Waals surface area contributed by atoms with Crippen LogP contribution in [0, 0.1) is 0 Å². The summed E-state index contributed by atoms with van der Waals surface area (Å²) in [6.45, 7) is 0. The van der Waals surface area contributed by atoms with Crippen molar-refractivity contribution in [2.75, 3.05) is 0 Å². The van der Waals surface area contributed by atoms with Crippen molar-refractivity contribution in [1.29, 1.82) is 0 Å². The Labute approximate surface area is 164 Å². The number of rotatable bonds is 3.